The van der Waals surface area contributed by atoms with Gasteiger partial charge in [0.2, 0.25) is 0 Å². The van der Waals surface area contributed by atoms with Crippen molar-refractivity contribution in [3.63, 3.8) is 0 Å². The molecule has 1 atom stereocenters. The second kappa shape index (κ2) is 6.76. The first-order chi connectivity index (χ1) is 7.65. The molecule has 16 heavy (non-hydrogen) atoms. The predicted molar refractivity (Wildman–Crippen MR) is 67.9 cm³/mol. The minimum Gasteiger partial charge on any atom is -0.497 e. The number of ether oxygens (including phenoxy) is 1. The summed E-state index contributed by atoms with van der Waals surface area (Å²) >= 11 is 1.79. The molecule has 1 heterocycles. The summed E-state index contributed by atoms with van der Waals surface area (Å²) in [6.07, 6.45) is 0. The van der Waals surface area contributed by atoms with Crippen LogP contribution in [0.4, 0.5) is 0 Å². The first kappa shape index (κ1) is 13.3. The topological polar surface area (TPSA) is 42.4 Å². The van der Waals surface area contributed by atoms with Crippen LogP contribution in [0.25, 0.3) is 0 Å². The highest BCUT2D eigenvalue weighted by molar-refractivity contribution is 7.98. The molecule has 1 rings (SSSR count). The molecular formula is C12H19NO2S. The highest BCUT2D eigenvalue weighted by atomic mass is 32.2. The van der Waals surface area contributed by atoms with Crippen LogP contribution in [0.3, 0.4) is 0 Å². The predicted octanol–water partition coefficient (Wildman–Crippen LogP) is 2.26. The summed E-state index contributed by atoms with van der Waals surface area (Å²) in [4.78, 5) is 4.44. The van der Waals surface area contributed by atoms with Gasteiger partial charge in [0.15, 0.2) is 0 Å². The number of aromatic nitrogens is 1. The lowest BCUT2D eigenvalue weighted by Crippen LogP contribution is -2.04. The van der Waals surface area contributed by atoms with Crippen LogP contribution in [0.2, 0.25) is 0 Å². The molecular weight excluding hydrogens is 222 g/mol. The van der Waals surface area contributed by atoms with E-state index in [1.165, 1.54) is 0 Å². The summed E-state index contributed by atoms with van der Waals surface area (Å²) in [6.45, 7) is 4.25. The molecule has 1 aromatic rings. The van der Waals surface area contributed by atoms with Gasteiger partial charge in [-0.3, -0.25) is 4.98 Å². The van der Waals surface area contributed by atoms with E-state index in [2.05, 4.69) is 4.98 Å². The van der Waals surface area contributed by atoms with Gasteiger partial charge in [0.05, 0.1) is 12.8 Å². The number of hydrogen-bond donors (Lipinski definition) is 1. The second-order valence-corrected chi connectivity index (χ2v) is 4.97. The third-order valence-corrected chi connectivity index (χ3v) is 3.48. The summed E-state index contributed by atoms with van der Waals surface area (Å²) in [7, 11) is 1.67. The summed E-state index contributed by atoms with van der Waals surface area (Å²) in [5.41, 5.74) is 2.01. The van der Waals surface area contributed by atoms with Crippen LogP contribution in [0, 0.1) is 12.8 Å². The summed E-state index contributed by atoms with van der Waals surface area (Å²) in [5, 5.41) is 8.91. The average Bonchev–Trinajstić information content (AvgIpc) is 2.28. The highest BCUT2D eigenvalue weighted by Gasteiger charge is 2.03. The second-order valence-electron chi connectivity index (χ2n) is 3.94. The lowest BCUT2D eigenvalue weighted by molar-refractivity contribution is 0.250. The van der Waals surface area contributed by atoms with E-state index in [4.69, 9.17) is 9.84 Å². The van der Waals surface area contributed by atoms with Crippen molar-refractivity contribution in [3.8, 4) is 5.75 Å². The number of rotatable bonds is 6. The molecule has 0 aliphatic carbocycles. The van der Waals surface area contributed by atoms with Crippen LogP contribution in [-0.2, 0) is 5.75 Å². The minimum absolute atomic E-state index is 0.248. The molecule has 0 saturated heterocycles. The largest absolute Gasteiger partial charge is 0.497 e. The Bertz CT molecular complexity index is 331. The van der Waals surface area contributed by atoms with E-state index in [1.807, 2.05) is 26.0 Å². The van der Waals surface area contributed by atoms with E-state index in [-0.39, 0.29) is 6.61 Å². The maximum atomic E-state index is 8.91. The Labute approximate surface area is 101 Å². The third-order valence-electron chi connectivity index (χ3n) is 2.18. The number of methoxy groups -OCH3 is 1. The van der Waals surface area contributed by atoms with E-state index in [9.17, 15) is 0 Å². The van der Waals surface area contributed by atoms with Gasteiger partial charge in [0, 0.05) is 30.2 Å². The molecule has 4 heteroatoms. The molecule has 0 spiro atoms. The highest BCUT2D eigenvalue weighted by Crippen LogP contribution is 2.19. The van der Waals surface area contributed by atoms with Crippen LogP contribution in [0.5, 0.6) is 5.75 Å². The Morgan fingerprint density at radius 3 is 2.88 bits per heavy atom. The van der Waals surface area contributed by atoms with Crippen LogP contribution in [0.15, 0.2) is 12.1 Å². The Morgan fingerprint density at radius 2 is 2.25 bits per heavy atom. The zero-order valence-electron chi connectivity index (χ0n) is 10.1. The van der Waals surface area contributed by atoms with Gasteiger partial charge in [-0.25, -0.2) is 0 Å². The molecule has 0 radical (unpaired) electrons. The van der Waals surface area contributed by atoms with E-state index >= 15 is 0 Å². The first-order valence-electron chi connectivity index (χ1n) is 5.36. The molecule has 1 N–H and O–H groups in total. The normalized spacial score (nSPS) is 12.5. The number of aliphatic hydroxyl groups is 1. The molecule has 0 bridgehead atoms. The van der Waals surface area contributed by atoms with Crippen molar-refractivity contribution in [2.45, 2.75) is 19.6 Å². The van der Waals surface area contributed by atoms with Crippen molar-refractivity contribution >= 4 is 11.8 Å². The van der Waals surface area contributed by atoms with E-state index in [0.717, 1.165) is 28.6 Å². The van der Waals surface area contributed by atoms with Crippen molar-refractivity contribution in [1.29, 1.82) is 0 Å². The Hall–Kier alpha value is -0.740. The molecule has 0 aliphatic rings. The zero-order valence-corrected chi connectivity index (χ0v) is 10.9. The quantitative estimate of drug-likeness (QED) is 0.829. The third kappa shape index (κ3) is 4.41. The van der Waals surface area contributed by atoms with Crippen LogP contribution >= 0.6 is 11.8 Å². The Balaban J connectivity index is 2.50. The average molecular weight is 241 g/mol. The number of aliphatic hydroxyl groups excluding tert-OH is 1. The van der Waals surface area contributed by atoms with Gasteiger partial charge in [-0.1, -0.05) is 6.92 Å². The number of thioether (sulfide) groups is 1. The molecule has 1 unspecified atom stereocenters. The van der Waals surface area contributed by atoms with E-state index in [1.54, 1.807) is 18.9 Å². The number of pyridine rings is 1. The monoisotopic (exact) mass is 241 g/mol. The Morgan fingerprint density at radius 1 is 1.50 bits per heavy atom. The van der Waals surface area contributed by atoms with Crippen LogP contribution < -0.4 is 4.74 Å². The molecule has 1 aromatic heterocycles. The first-order valence-corrected chi connectivity index (χ1v) is 6.51. The summed E-state index contributed by atoms with van der Waals surface area (Å²) in [6, 6.07) is 3.88. The maximum absolute atomic E-state index is 8.91. The van der Waals surface area contributed by atoms with Gasteiger partial charge in [-0.2, -0.15) is 11.8 Å². The molecule has 0 aromatic carbocycles. The molecule has 0 fully saturated rings. The molecule has 0 aliphatic heterocycles. The fourth-order valence-corrected chi connectivity index (χ4v) is 2.29. The number of nitrogens with zero attached hydrogens (tertiary/aromatic N) is 1. The van der Waals surface area contributed by atoms with Gasteiger partial charge in [-0.15, -0.1) is 0 Å². The molecule has 90 valence electrons. The van der Waals surface area contributed by atoms with Crippen LogP contribution in [0.1, 0.15) is 18.3 Å². The van der Waals surface area contributed by atoms with Crippen molar-refractivity contribution < 1.29 is 9.84 Å². The number of hydrogen-bond acceptors (Lipinski definition) is 4. The van der Waals surface area contributed by atoms with Gasteiger partial charge in [0.1, 0.15) is 5.75 Å². The SMILES string of the molecule is COc1cc(C)nc(CSCC(C)CO)c1. The van der Waals surface area contributed by atoms with Crippen molar-refractivity contribution in [2.24, 2.45) is 5.92 Å². The van der Waals surface area contributed by atoms with Crippen LogP contribution in [-0.4, -0.2) is 29.6 Å². The van der Waals surface area contributed by atoms with Gasteiger partial charge < -0.3 is 9.84 Å². The lowest BCUT2D eigenvalue weighted by Gasteiger charge is -2.08. The van der Waals surface area contributed by atoms with E-state index in [0.29, 0.717) is 5.92 Å². The standard InChI is InChI=1S/C12H19NO2S/c1-9(6-14)7-16-8-11-5-12(15-3)4-10(2)13-11/h4-5,9,14H,6-8H2,1-3H3. The molecule has 0 saturated carbocycles. The van der Waals surface area contributed by atoms with Gasteiger partial charge in [-0.05, 0) is 18.6 Å². The molecule has 0 amide bonds. The van der Waals surface area contributed by atoms with Crippen molar-refractivity contribution in [3.05, 3.63) is 23.5 Å². The minimum atomic E-state index is 0.248. The summed E-state index contributed by atoms with van der Waals surface area (Å²) in [5.74, 6) is 3.02. The fourth-order valence-electron chi connectivity index (χ4n) is 1.31. The van der Waals surface area contributed by atoms with E-state index < -0.39 is 0 Å². The summed E-state index contributed by atoms with van der Waals surface area (Å²) < 4.78 is 5.20. The molecule has 3 nitrogen and oxygen atoms in total. The lowest BCUT2D eigenvalue weighted by atomic mass is 10.2. The van der Waals surface area contributed by atoms with Crippen molar-refractivity contribution in [1.82, 2.24) is 4.98 Å². The Kier molecular flexibility index (Phi) is 5.63. The van der Waals surface area contributed by atoms with Crippen molar-refractivity contribution in [2.75, 3.05) is 19.5 Å². The zero-order chi connectivity index (χ0) is 12.0. The van der Waals surface area contributed by atoms with Gasteiger partial charge >= 0.3 is 0 Å². The van der Waals surface area contributed by atoms with Gasteiger partial charge in [0.25, 0.3) is 0 Å². The maximum Gasteiger partial charge on any atom is 0.122 e. The smallest absolute Gasteiger partial charge is 0.122 e. The number of aryl methyl sites for hydroxylation is 1. The fraction of sp³-hybridized carbons (Fsp3) is 0.583.